The van der Waals surface area contributed by atoms with Gasteiger partial charge in [-0.15, -0.1) is 0 Å². The first-order valence-electron chi connectivity index (χ1n) is 8.86. The van der Waals surface area contributed by atoms with Crippen molar-refractivity contribution in [1.29, 1.82) is 0 Å². The van der Waals surface area contributed by atoms with E-state index in [4.69, 9.17) is 4.74 Å². The molecule has 3 rings (SSSR count). The van der Waals surface area contributed by atoms with Crippen molar-refractivity contribution >= 4 is 17.6 Å². The van der Waals surface area contributed by atoms with E-state index in [0.29, 0.717) is 39.1 Å². The Morgan fingerprint density at radius 3 is 2.92 bits per heavy atom. The van der Waals surface area contributed by atoms with Crippen molar-refractivity contribution in [2.45, 2.75) is 25.4 Å². The maximum Gasteiger partial charge on any atom is 0.224 e. The Kier molecular flexibility index (Phi) is 5.53. The zero-order valence-corrected chi connectivity index (χ0v) is 15.0. The fourth-order valence-corrected chi connectivity index (χ4v) is 3.25. The number of pyridine rings is 1. The van der Waals surface area contributed by atoms with Crippen molar-refractivity contribution in [3.63, 3.8) is 0 Å². The molecule has 136 valence electrons. The molecular weight excluding hydrogens is 320 g/mol. The van der Waals surface area contributed by atoms with E-state index in [2.05, 4.69) is 4.98 Å². The summed E-state index contributed by atoms with van der Waals surface area (Å²) < 4.78 is 5.83. The molecule has 0 bridgehead atoms. The molecule has 0 N–H and O–H groups in total. The molecule has 0 radical (unpaired) electrons. The van der Waals surface area contributed by atoms with Crippen molar-refractivity contribution in [3.05, 3.63) is 23.9 Å². The molecule has 2 aliphatic rings. The van der Waals surface area contributed by atoms with E-state index in [1.807, 2.05) is 42.1 Å². The van der Waals surface area contributed by atoms with Gasteiger partial charge in [-0.2, -0.15) is 0 Å². The van der Waals surface area contributed by atoms with Crippen LogP contribution in [0.15, 0.2) is 18.2 Å². The maximum atomic E-state index is 12.5. The number of hydrogen-bond donors (Lipinski definition) is 0. The Bertz CT molecular complexity index is 635. The molecule has 2 saturated heterocycles. The second-order valence-corrected chi connectivity index (χ2v) is 6.75. The highest BCUT2D eigenvalue weighted by Crippen LogP contribution is 2.23. The first kappa shape index (κ1) is 17.7. The van der Waals surface area contributed by atoms with E-state index in [1.54, 1.807) is 4.90 Å². The molecule has 0 saturated carbocycles. The lowest BCUT2D eigenvalue weighted by atomic mass is 10.1. The summed E-state index contributed by atoms with van der Waals surface area (Å²) in [5.41, 5.74) is 0.846. The van der Waals surface area contributed by atoms with Gasteiger partial charge in [-0.1, -0.05) is 6.07 Å². The van der Waals surface area contributed by atoms with E-state index >= 15 is 0 Å². The third-order valence-electron chi connectivity index (χ3n) is 4.73. The zero-order valence-electron chi connectivity index (χ0n) is 15.0. The second-order valence-electron chi connectivity index (χ2n) is 6.75. The van der Waals surface area contributed by atoms with Crippen molar-refractivity contribution in [2.75, 3.05) is 51.8 Å². The average molecular weight is 346 g/mol. The molecule has 1 aromatic rings. The quantitative estimate of drug-likeness (QED) is 0.798. The molecule has 2 amide bonds. The van der Waals surface area contributed by atoms with Gasteiger partial charge in [0.15, 0.2) is 0 Å². The van der Waals surface area contributed by atoms with E-state index in [0.717, 1.165) is 24.5 Å². The Hall–Kier alpha value is -2.15. The molecule has 1 atom stereocenters. The van der Waals surface area contributed by atoms with E-state index in [9.17, 15) is 9.59 Å². The summed E-state index contributed by atoms with van der Waals surface area (Å²) in [6, 6.07) is 5.84. The summed E-state index contributed by atoms with van der Waals surface area (Å²) in [5, 5.41) is 0. The summed E-state index contributed by atoms with van der Waals surface area (Å²) in [6.45, 7) is 2.91. The highest BCUT2D eigenvalue weighted by molar-refractivity contribution is 5.80. The third kappa shape index (κ3) is 4.28. The number of hydrogen-bond acceptors (Lipinski definition) is 5. The Morgan fingerprint density at radius 1 is 1.36 bits per heavy atom. The van der Waals surface area contributed by atoms with Crippen molar-refractivity contribution in [2.24, 2.45) is 0 Å². The van der Waals surface area contributed by atoms with Crippen LogP contribution in [-0.2, 0) is 14.3 Å². The molecule has 0 unspecified atom stereocenters. The Morgan fingerprint density at radius 2 is 2.20 bits per heavy atom. The summed E-state index contributed by atoms with van der Waals surface area (Å²) in [5.74, 6) is 1.12. The first-order chi connectivity index (χ1) is 12.0. The smallest absolute Gasteiger partial charge is 0.224 e. The number of amides is 2. The van der Waals surface area contributed by atoms with E-state index in [1.165, 1.54) is 0 Å². The third-order valence-corrected chi connectivity index (χ3v) is 4.73. The van der Waals surface area contributed by atoms with Crippen molar-refractivity contribution < 1.29 is 14.3 Å². The van der Waals surface area contributed by atoms with Crippen LogP contribution in [0.4, 0.5) is 5.82 Å². The van der Waals surface area contributed by atoms with Gasteiger partial charge >= 0.3 is 0 Å². The molecule has 1 aromatic heterocycles. The van der Waals surface area contributed by atoms with Crippen LogP contribution < -0.4 is 4.90 Å². The van der Waals surface area contributed by atoms with Crippen LogP contribution in [0.5, 0.6) is 0 Å². The standard InChI is InChI=1S/C18H26N4O3/c1-20(2)16-6-3-5-14(19-16)15-13-22(11-12-25-15)18(24)8-10-21-9-4-7-17(21)23/h3,5-6,15H,4,7-13H2,1-2H3/t15-/m1/s1. The van der Waals surface area contributed by atoms with Crippen LogP contribution in [0.2, 0.25) is 0 Å². The van der Waals surface area contributed by atoms with Crippen LogP contribution in [0.1, 0.15) is 31.1 Å². The minimum Gasteiger partial charge on any atom is -0.368 e. The lowest BCUT2D eigenvalue weighted by molar-refractivity contribution is -0.140. The number of ether oxygens (including phenoxy) is 1. The number of aromatic nitrogens is 1. The predicted molar refractivity (Wildman–Crippen MR) is 94.3 cm³/mol. The van der Waals surface area contributed by atoms with Gasteiger partial charge in [0, 0.05) is 46.6 Å². The molecule has 0 aliphatic carbocycles. The van der Waals surface area contributed by atoms with Gasteiger partial charge in [0.25, 0.3) is 0 Å². The normalized spacial score (nSPS) is 20.9. The largest absolute Gasteiger partial charge is 0.368 e. The van der Waals surface area contributed by atoms with Crippen LogP contribution in [-0.4, -0.2) is 73.5 Å². The number of carbonyl (C=O) groups excluding carboxylic acids is 2. The molecule has 0 spiro atoms. The van der Waals surface area contributed by atoms with Gasteiger partial charge < -0.3 is 19.4 Å². The molecule has 0 aromatic carbocycles. The highest BCUT2D eigenvalue weighted by atomic mass is 16.5. The van der Waals surface area contributed by atoms with Gasteiger partial charge in [0.1, 0.15) is 11.9 Å². The Labute approximate surface area is 148 Å². The highest BCUT2D eigenvalue weighted by Gasteiger charge is 2.27. The second kappa shape index (κ2) is 7.82. The Balaban J connectivity index is 1.58. The topological polar surface area (TPSA) is 66.0 Å². The summed E-state index contributed by atoms with van der Waals surface area (Å²) >= 11 is 0. The maximum absolute atomic E-state index is 12.5. The van der Waals surface area contributed by atoms with Crippen LogP contribution in [0, 0.1) is 0 Å². The minimum atomic E-state index is -0.203. The molecular formula is C18H26N4O3. The molecule has 7 heteroatoms. The molecule has 3 heterocycles. The molecule has 7 nitrogen and oxygen atoms in total. The minimum absolute atomic E-state index is 0.0803. The van der Waals surface area contributed by atoms with Crippen LogP contribution >= 0.6 is 0 Å². The lowest BCUT2D eigenvalue weighted by Crippen LogP contribution is -2.43. The fraction of sp³-hybridized carbons (Fsp3) is 0.611. The number of morpholine rings is 1. The van der Waals surface area contributed by atoms with E-state index in [-0.39, 0.29) is 17.9 Å². The fourth-order valence-electron chi connectivity index (χ4n) is 3.25. The summed E-state index contributed by atoms with van der Waals surface area (Å²) in [7, 11) is 3.90. The lowest BCUT2D eigenvalue weighted by Gasteiger charge is -2.33. The van der Waals surface area contributed by atoms with Gasteiger partial charge in [0.2, 0.25) is 11.8 Å². The van der Waals surface area contributed by atoms with Gasteiger partial charge in [-0.05, 0) is 18.6 Å². The van der Waals surface area contributed by atoms with Crippen molar-refractivity contribution in [1.82, 2.24) is 14.8 Å². The number of rotatable bonds is 5. The SMILES string of the molecule is CN(C)c1cccc([C@H]2CN(C(=O)CCN3CCCC3=O)CCO2)n1. The molecule has 25 heavy (non-hydrogen) atoms. The van der Waals surface area contributed by atoms with Gasteiger partial charge in [-0.3, -0.25) is 9.59 Å². The number of nitrogens with zero attached hydrogens (tertiary/aromatic N) is 4. The van der Waals surface area contributed by atoms with E-state index < -0.39 is 0 Å². The van der Waals surface area contributed by atoms with Crippen LogP contribution in [0.3, 0.4) is 0 Å². The predicted octanol–water partition coefficient (Wildman–Crippen LogP) is 1.06. The number of anilines is 1. The number of carbonyl (C=O) groups is 2. The first-order valence-corrected chi connectivity index (χ1v) is 8.86. The summed E-state index contributed by atoms with van der Waals surface area (Å²) in [6.07, 6.45) is 1.69. The molecule has 2 fully saturated rings. The van der Waals surface area contributed by atoms with Crippen molar-refractivity contribution in [3.8, 4) is 0 Å². The monoisotopic (exact) mass is 346 g/mol. The van der Waals surface area contributed by atoms with Crippen LogP contribution in [0.25, 0.3) is 0 Å². The molecule has 2 aliphatic heterocycles. The zero-order chi connectivity index (χ0) is 17.8. The van der Waals surface area contributed by atoms with Gasteiger partial charge in [0.05, 0.1) is 18.8 Å². The number of likely N-dealkylation sites (tertiary alicyclic amines) is 1. The summed E-state index contributed by atoms with van der Waals surface area (Å²) in [4.78, 5) is 34.4. The van der Waals surface area contributed by atoms with Gasteiger partial charge in [-0.25, -0.2) is 4.98 Å². The average Bonchev–Trinajstić information content (AvgIpc) is 3.05.